The van der Waals surface area contributed by atoms with Gasteiger partial charge >= 0.3 is 0 Å². The van der Waals surface area contributed by atoms with E-state index >= 15 is 0 Å². The third kappa shape index (κ3) is 7.65. The molecule has 0 bridgehead atoms. The number of halogens is 1. The molecule has 0 aliphatic carbocycles. The summed E-state index contributed by atoms with van der Waals surface area (Å²) >= 11 is 8.67. The molecule has 0 heterocycles. The Bertz CT molecular complexity index is 1160. The van der Waals surface area contributed by atoms with Gasteiger partial charge in [-0.2, -0.15) is 0 Å². The van der Waals surface area contributed by atoms with Crippen LogP contribution in [-0.2, 0) is 11.3 Å². The summed E-state index contributed by atoms with van der Waals surface area (Å²) in [6.07, 6.45) is 0. The number of amides is 2. The Morgan fingerprint density at radius 2 is 1.74 bits per heavy atom. The first-order valence-electron chi connectivity index (χ1n) is 10.4. The van der Waals surface area contributed by atoms with Gasteiger partial charge in [0.1, 0.15) is 12.4 Å². The van der Waals surface area contributed by atoms with Crippen LogP contribution in [0.4, 0.5) is 5.69 Å². The molecule has 0 aliphatic heterocycles. The van der Waals surface area contributed by atoms with E-state index in [2.05, 4.69) is 31.9 Å². The average Bonchev–Trinajstić information content (AvgIpc) is 2.84. The highest BCUT2D eigenvalue weighted by molar-refractivity contribution is 9.10. The Morgan fingerprint density at radius 3 is 2.50 bits per heavy atom. The first-order chi connectivity index (χ1) is 16.5. The molecule has 0 radical (unpaired) electrons. The van der Waals surface area contributed by atoms with E-state index in [1.165, 1.54) is 0 Å². The highest BCUT2D eigenvalue weighted by Crippen LogP contribution is 2.23. The third-order valence-corrected chi connectivity index (χ3v) is 5.33. The molecule has 2 amide bonds. The number of nitrogens with one attached hydrogen (secondary N) is 3. The molecule has 0 saturated carbocycles. The number of benzene rings is 3. The van der Waals surface area contributed by atoms with E-state index in [0.29, 0.717) is 42.3 Å². The third-order valence-electron chi connectivity index (χ3n) is 4.64. The molecule has 7 nitrogen and oxygen atoms in total. The van der Waals surface area contributed by atoms with Gasteiger partial charge in [0.15, 0.2) is 5.11 Å². The minimum Gasteiger partial charge on any atom is -0.490 e. The Labute approximate surface area is 212 Å². The lowest BCUT2D eigenvalue weighted by Gasteiger charge is -2.14. The van der Waals surface area contributed by atoms with Crippen molar-refractivity contribution in [1.82, 2.24) is 10.6 Å². The zero-order chi connectivity index (χ0) is 24.3. The average molecular weight is 542 g/mol. The van der Waals surface area contributed by atoms with Crippen LogP contribution in [0, 0.1) is 0 Å². The lowest BCUT2D eigenvalue weighted by atomic mass is 10.1. The molecule has 3 N–H and O–H groups in total. The number of carbonyl (C=O) groups excluding carboxylic acids is 2. The minimum atomic E-state index is -0.428. The summed E-state index contributed by atoms with van der Waals surface area (Å²) in [6, 6.07) is 21.6. The summed E-state index contributed by atoms with van der Waals surface area (Å²) in [5, 5.41) is 8.57. The Balaban J connectivity index is 1.60. The zero-order valence-electron chi connectivity index (χ0n) is 18.5. The van der Waals surface area contributed by atoms with Gasteiger partial charge in [-0.25, -0.2) is 0 Å². The van der Waals surface area contributed by atoms with Crippen molar-refractivity contribution in [3.63, 3.8) is 0 Å². The van der Waals surface area contributed by atoms with E-state index in [1.54, 1.807) is 49.6 Å². The molecule has 3 rings (SSSR count). The molecular formula is C25H24BrN3O4S. The van der Waals surface area contributed by atoms with Crippen LogP contribution in [0.2, 0.25) is 0 Å². The minimum absolute atomic E-state index is 0.0923. The Morgan fingerprint density at radius 1 is 0.941 bits per heavy atom. The second kappa shape index (κ2) is 12.8. The van der Waals surface area contributed by atoms with Gasteiger partial charge in [0.25, 0.3) is 11.8 Å². The van der Waals surface area contributed by atoms with Crippen molar-refractivity contribution in [2.24, 2.45) is 0 Å². The molecule has 0 aliphatic rings. The molecule has 34 heavy (non-hydrogen) atoms. The largest absolute Gasteiger partial charge is 0.490 e. The first kappa shape index (κ1) is 25.4. The van der Waals surface area contributed by atoms with Crippen LogP contribution in [0.15, 0.2) is 77.3 Å². The number of hydrogen-bond donors (Lipinski definition) is 3. The van der Waals surface area contributed by atoms with Crippen LogP contribution in [-0.4, -0.2) is 37.3 Å². The fourth-order valence-electron chi connectivity index (χ4n) is 2.99. The highest BCUT2D eigenvalue weighted by atomic mass is 79.9. The zero-order valence-corrected chi connectivity index (χ0v) is 20.9. The maximum absolute atomic E-state index is 12.8. The van der Waals surface area contributed by atoms with Gasteiger partial charge in [-0.1, -0.05) is 52.3 Å². The molecule has 0 spiro atoms. The Hall–Kier alpha value is -3.27. The quantitative estimate of drug-likeness (QED) is 0.272. The standard InChI is InChI=1S/C25H24BrN3O4S/c1-32-12-13-33-22-11-10-19(26)15-21(22)24(31)29-25(34)28-20-9-5-8-18(14-20)23(30)27-16-17-6-3-2-4-7-17/h2-11,14-15H,12-13,16H2,1H3,(H,27,30)(H2,28,29,31,34). The summed E-state index contributed by atoms with van der Waals surface area (Å²) in [6.45, 7) is 1.12. The van der Waals surface area contributed by atoms with Crippen molar-refractivity contribution in [1.29, 1.82) is 0 Å². The number of anilines is 1. The lowest BCUT2D eigenvalue weighted by molar-refractivity contribution is 0.0947. The van der Waals surface area contributed by atoms with Crippen LogP contribution in [0.1, 0.15) is 26.3 Å². The number of ether oxygens (including phenoxy) is 2. The van der Waals surface area contributed by atoms with Crippen molar-refractivity contribution < 1.29 is 19.1 Å². The number of methoxy groups -OCH3 is 1. The van der Waals surface area contributed by atoms with Crippen LogP contribution in [0.5, 0.6) is 5.75 Å². The fraction of sp³-hybridized carbons (Fsp3) is 0.160. The summed E-state index contributed by atoms with van der Waals surface area (Å²) in [7, 11) is 1.57. The molecule has 0 atom stereocenters. The van der Waals surface area contributed by atoms with Crippen molar-refractivity contribution in [3.8, 4) is 5.75 Å². The molecule has 0 aromatic heterocycles. The smallest absolute Gasteiger partial charge is 0.261 e. The molecule has 0 unspecified atom stereocenters. The predicted octanol–water partition coefficient (Wildman–Crippen LogP) is 4.53. The van der Waals surface area contributed by atoms with Crippen molar-refractivity contribution in [3.05, 3.63) is 94.0 Å². The molecule has 3 aromatic rings. The fourth-order valence-corrected chi connectivity index (χ4v) is 3.56. The van der Waals surface area contributed by atoms with E-state index in [0.717, 1.165) is 10.0 Å². The van der Waals surface area contributed by atoms with Crippen molar-refractivity contribution >= 4 is 50.8 Å². The first-order valence-corrected chi connectivity index (χ1v) is 11.6. The monoisotopic (exact) mass is 541 g/mol. The molecule has 0 saturated heterocycles. The molecule has 0 fully saturated rings. The van der Waals surface area contributed by atoms with Crippen molar-refractivity contribution in [2.45, 2.75) is 6.54 Å². The van der Waals surface area contributed by atoms with E-state index in [4.69, 9.17) is 21.7 Å². The normalized spacial score (nSPS) is 10.3. The van der Waals surface area contributed by atoms with Gasteiger partial charge < -0.3 is 20.1 Å². The SMILES string of the molecule is COCCOc1ccc(Br)cc1C(=O)NC(=S)Nc1cccc(C(=O)NCc2ccccc2)c1. The van der Waals surface area contributed by atoms with Crippen molar-refractivity contribution in [2.75, 3.05) is 25.6 Å². The summed E-state index contributed by atoms with van der Waals surface area (Å²) < 4.78 is 11.4. The maximum atomic E-state index is 12.8. The van der Waals surface area contributed by atoms with Crippen LogP contribution >= 0.6 is 28.1 Å². The maximum Gasteiger partial charge on any atom is 0.261 e. The van der Waals surface area contributed by atoms with E-state index in [-0.39, 0.29) is 11.0 Å². The summed E-state index contributed by atoms with van der Waals surface area (Å²) in [5.41, 5.74) is 2.37. The summed E-state index contributed by atoms with van der Waals surface area (Å²) in [4.78, 5) is 25.3. The second-order valence-electron chi connectivity index (χ2n) is 7.14. The molecule has 176 valence electrons. The van der Waals surface area contributed by atoms with Gasteiger partial charge in [-0.15, -0.1) is 0 Å². The number of thiocarbonyl (C=S) groups is 1. The van der Waals surface area contributed by atoms with Gasteiger partial charge in [0.2, 0.25) is 0 Å². The molecular weight excluding hydrogens is 518 g/mol. The second-order valence-corrected chi connectivity index (χ2v) is 8.46. The van der Waals surface area contributed by atoms with Gasteiger partial charge in [0.05, 0.1) is 12.2 Å². The predicted molar refractivity (Wildman–Crippen MR) is 139 cm³/mol. The summed E-state index contributed by atoms with van der Waals surface area (Å²) in [5.74, 6) is -0.227. The molecule has 9 heteroatoms. The van der Waals surface area contributed by atoms with E-state index in [9.17, 15) is 9.59 Å². The van der Waals surface area contributed by atoms with Gasteiger partial charge in [0, 0.05) is 29.4 Å². The Kier molecular flexibility index (Phi) is 9.57. The number of carbonyl (C=O) groups is 2. The number of hydrogen-bond acceptors (Lipinski definition) is 5. The lowest BCUT2D eigenvalue weighted by Crippen LogP contribution is -2.34. The van der Waals surface area contributed by atoms with E-state index < -0.39 is 5.91 Å². The van der Waals surface area contributed by atoms with E-state index in [1.807, 2.05) is 30.3 Å². The number of rotatable bonds is 9. The van der Waals surface area contributed by atoms with Gasteiger partial charge in [-0.05, 0) is 54.2 Å². The highest BCUT2D eigenvalue weighted by Gasteiger charge is 2.15. The van der Waals surface area contributed by atoms with Crippen LogP contribution < -0.4 is 20.7 Å². The van der Waals surface area contributed by atoms with Crippen LogP contribution in [0.25, 0.3) is 0 Å². The van der Waals surface area contributed by atoms with Crippen LogP contribution in [0.3, 0.4) is 0 Å². The molecule has 3 aromatic carbocycles. The topological polar surface area (TPSA) is 88.7 Å². The van der Waals surface area contributed by atoms with Gasteiger partial charge in [-0.3, -0.25) is 14.9 Å².